The van der Waals surface area contributed by atoms with Crippen LogP contribution in [0.1, 0.15) is 32.3 Å². The maximum absolute atomic E-state index is 13.4. The van der Waals surface area contributed by atoms with Gasteiger partial charge in [-0.25, -0.2) is 14.8 Å². The Labute approximate surface area is 206 Å². The number of amides is 4. The van der Waals surface area contributed by atoms with Crippen molar-refractivity contribution in [2.45, 2.75) is 45.4 Å². The fraction of sp³-hybridized carbons (Fsp3) is 0.625. The van der Waals surface area contributed by atoms with E-state index in [0.29, 0.717) is 32.0 Å². The predicted molar refractivity (Wildman–Crippen MR) is 133 cm³/mol. The molecule has 34 heavy (non-hydrogen) atoms. The molecule has 9 nitrogen and oxygen atoms in total. The van der Waals surface area contributed by atoms with Crippen molar-refractivity contribution in [2.24, 2.45) is 5.92 Å². The molecule has 3 atom stereocenters. The predicted octanol–water partition coefficient (Wildman–Crippen LogP) is 2.23. The number of methoxy groups -OCH3 is 1. The van der Waals surface area contributed by atoms with Crippen LogP contribution < -0.4 is 10.1 Å². The summed E-state index contributed by atoms with van der Waals surface area (Å²) < 4.78 is 5.19. The van der Waals surface area contributed by atoms with Crippen molar-refractivity contribution in [2.75, 3.05) is 45.8 Å². The Balaban J connectivity index is 1.82. The second kappa shape index (κ2) is 11.8. The average Bonchev–Trinajstić information content (AvgIpc) is 2.83. The Bertz CT molecular complexity index is 867. The Kier molecular flexibility index (Phi) is 9.07. The van der Waals surface area contributed by atoms with Crippen LogP contribution in [0.15, 0.2) is 24.3 Å². The molecule has 2 aliphatic rings. The van der Waals surface area contributed by atoms with Crippen molar-refractivity contribution in [3.63, 3.8) is 0 Å². The van der Waals surface area contributed by atoms with Gasteiger partial charge in [0.1, 0.15) is 18.0 Å². The second-order valence-electron chi connectivity index (χ2n) is 9.00. The van der Waals surface area contributed by atoms with Crippen LogP contribution in [-0.4, -0.2) is 95.7 Å². The smallest absolute Gasteiger partial charge is 0.334 e. The molecule has 3 rings (SSSR count). The molecule has 0 radical (unpaired) electrons. The molecule has 2 heterocycles. The molecule has 1 aromatic carbocycles. The maximum atomic E-state index is 13.4. The number of likely N-dealkylation sites (N-methyl/N-ethyl adjacent to an activating group) is 1. The van der Waals surface area contributed by atoms with Gasteiger partial charge in [-0.3, -0.25) is 9.59 Å². The number of hydrogen-bond acceptors (Lipinski definition) is 6. The quantitative estimate of drug-likeness (QED) is 0.570. The lowest BCUT2D eigenvalue weighted by atomic mass is 10.0. The van der Waals surface area contributed by atoms with E-state index in [1.165, 1.54) is 0 Å². The largest absolute Gasteiger partial charge is 0.497 e. The minimum atomic E-state index is -0.548. The average molecular weight is 492 g/mol. The van der Waals surface area contributed by atoms with Gasteiger partial charge in [0.15, 0.2) is 0 Å². The van der Waals surface area contributed by atoms with Gasteiger partial charge in [-0.1, -0.05) is 32.4 Å². The summed E-state index contributed by atoms with van der Waals surface area (Å²) in [6, 6.07) is 6.67. The molecule has 0 aliphatic carbocycles. The topological polar surface area (TPSA) is 85.4 Å². The number of rotatable bonds is 9. The summed E-state index contributed by atoms with van der Waals surface area (Å²) in [5.41, 5.74) is 0.941. The molecule has 0 spiro atoms. The Morgan fingerprint density at radius 3 is 2.59 bits per heavy atom. The molecule has 1 N–H and O–H groups in total. The molecule has 0 aromatic heterocycles. The highest BCUT2D eigenvalue weighted by Crippen LogP contribution is 2.28. The first-order valence-corrected chi connectivity index (χ1v) is 13.2. The molecule has 2 aliphatic heterocycles. The van der Waals surface area contributed by atoms with Crippen LogP contribution >= 0.6 is 11.8 Å². The second-order valence-corrected chi connectivity index (χ2v) is 9.99. The third-order valence-electron chi connectivity index (χ3n) is 6.57. The van der Waals surface area contributed by atoms with Gasteiger partial charge >= 0.3 is 6.03 Å². The molecular formula is C24H37N5O4S. The third-order valence-corrected chi connectivity index (χ3v) is 7.22. The lowest BCUT2D eigenvalue weighted by Crippen LogP contribution is -2.76. The summed E-state index contributed by atoms with van der Waals surface area (Å²) in [5.74, 6) is 1.73. The van der Waals surface area contributed by atoms with Gasteiger partial charge in [0, 0.05) is 20.1 Å². The lowest BCUT2D eigenvalue weighted by Gasteiger charge is -2.54. The standard InChI is InChI=1S/C24H37N5O4S/c1-6-17(2)14-27-15-21-28(20(23(27)31)11-12-34-5)22(30)16-26(3)29(21)24(32)25-13-18-7-9-19(33-4)10-8-18/h7-10,17,20-21H,6,11-16H2,1-5H3,(H,25,32)/t17?,20-,21-/m0/s1. The van der Waals surface area contributed by atoms with E-state index in [9.17, 15) is 14.4 Å². The molecule has 10 heteroatoms. The monoisotopic (exact) mass is 491 g/mol. The first-order valence-electron chi connectivity index (χ1n) is 11.8. The van der Waals surface area contributed by atoms with Crippen LogP contribution in [0.4, 0.5) is 4.79 Å². The molecule has 1 unspecified atom stereocenters. The summed E-state index contributed by atoms with van der Waals surface area (Å²) in [6.07, 6.45) is 2.99. The zero-order valence-electron chi connectivity index (χ0n) is 20.8. The van der Waals surface area contributed by atoms with Crippen molar-refractivity contribution in [1.82, 2.24) is 25.1 Å². The number of fused-ring (bicyclic) bond motifs is 1. The minimum absolute atomic E-state index is 0.0119. The molecule has 2 fully saturated rings. The number of nitrogens with one attached hydrogen (secondary N) is 1. The van der Waals surface area contributed by atoms with Crippen LogP contribution in [0.3, 0.4) is 0 Å². The summed E-state index contributed by atoms with van der Waals surface area (Å²) in [7, 11) is 3.36. The van der Waals surface area contributed by atoms with E-state index in [0.717, 1.165) is 23.5 Å². The Morgan fingerprint density at radius 1 is 1.26 bits per heavy atom. The van der Waals surface area contributed by atoms with Crippen LogP contribution in [0.2, 0.25) is 0 Å². The number of ether oxygens (including phenoxy) is 1. The molecule has 0 saturated carbocycles. The molecule has 2 saturated heterocycles. The summed E-state index contributed by atoms with van der Waals surface area (Å²) in [5, 5.41) is 6.25. The van der Waals surface area contributed by atoms with Gasteiger partial charge in [0.25, 0.3) is 0 Å². The number of thioether (sulfide) groups is 1. The first-order chi connectivity index (χ1) is 16.3. The van der Waals surface area contributed by atoms with Crippen molar-refractivity contribution >= 4 is 29.6 Å². The van der Waals surface area contributed by atoms with Gasteiger partial charge < -0.3 is 19.9 Å². The molecule has 188 valence electrons. The van der Waals surface area contributed by atoms with Crippen LogP contribution in [0.5, 0.6) is 5.75 Å². The SMILES string of the molecule is CCC(C)CN1C[C@H]2N(C(=O)CN(C)N2C(=O)NCc2ccc(OC)cc2)[C@@H](CCSC)C1=O. The van der Waals surface area contributed by atoms with E-state index >= 15 is 0 Å². The third kappa shape index (κ3) is 5.78. The van der Waals surface area contributed by atoms with E-state index in [-0.39, 0.29) is 24.4 Å². The highest BCUT2D eigenvalue weighted by atomic mass is 32.2. The number of hydrogen-bond donors (Lipinski definition) is 1. The summed E-state index contributed by atoms with van der Waals surface area (Å²) in [6.45, 7) is 5.56. The summed E-state index contributed by atoms with van der Waals surface area (Å²) in [4.78, 5) is 43.3. The van der Waals surface area contributed by atoms with Crippen LogP contribution in [0, 0.1) is 5.92 Å². The van der Waals surface area contributed by atoms with Crippen LogP contribution in [-0.2, 0) is 16.1 Å². The van der Waals surface area contributed by atoms with E-state index in [1.54, 1.807) is 40.8 Å². The minimum Gasteiger partial charge on any atom is -0.497 e. The number of nitrogens with zero attached hydrogens (tertiary/aromatic N) is 4. The lowest BCUT2D eigenvalue weighted by molar-refractivity contribution is -0.187. The number of carbonyl (C=O) groups is 3. The van der Waals surface area contributed by atoms with E-state index < -0.39 is 12.2 Å². The summed E-state index contributed by atoms with van der Waals surface area (Å²) >= 11 is 1.65. The number of benzene rings is 1. The zero-order chi connectivity index (χ0) is 24.8. The van der Waals surface area contributed by atoms with Crippen molar-refractivity contribution in [1.29, 1.82) is 0 Å². The molecule has 1 aromatic rings. The molecule has 4 amide bonds. The van der Waals surface area contributed by atoms with Gasteiger partial charge in [-0.2, -0.15) is 11.8 Å². The van der Waals surface area contributed by atoms with Gasteiger partial charge in [0.2, 0.25) is 11.8 Å². The number of hydrazine groups is 1. The molecule has 0 bridgehead atoms. The van der Waals surface area contributed by atoms with Crippen molar-refractivity contribution < 1.29 is 19.1 Å². The molecular weight excluding hydrogens is 454 g/mol. The first kappa shape index (κ1) is 26.2. The van der Waals surface area contributed by atoms with Crippen molar-refractivity contribution in [3.8, 4) is 5.75 Å². The zero-order valence-corrected chi connectivity index (χ0v) is 21.6. The Morgan fingerprint density at radius 2 is 1.97 bits per heavy atom. The highest BCUT2D eigenvalue weighted by molar-refractivity contribution is 7.98. The van der Waals surface area contributed by atoms with Gasteiger partial charge in [0.05, 0.1) is 20.2 Å². The number of piperazine rings is 1. The van der Waals surface area contributed by atoms with Gasteiger partial charge in [-0.05, 0) is 42.0 Å². The van der Waals surface area contributed by atoms with E-state index in [2.05, 4.69) is 19.2 Å². The van der Waals surface area contributed by atoms with Crippen LogP contribution in [0.25, 0.3) is 0 Å². The normalized spacial score (nSPS) is 22.0. The fourth-order valence-corrected chi connectivity index (χ4v) is 4.94. The maximum Gasteiger partial charge on any atom is 0.334 e. The van der Waals surface area contributed by atoms with Crippen molar-refractivity contribution in [3.05, 3.63) is 29.8 Å². The fourth-order valence-electron chi connectivity index (χ4n) is 4.48. The van der Waals surface area contributed by atoms with E-state index in [4.69, 9.17) is 4.74 Å². The van der Waals surface area contributed by atoms with E-state index in [1.807, 2.05) is 35.4 Å². The Hall–Kier alpha value is -2.46. The number of urea groups is 1. The number of carbonyl (C=O) groups excluding carboxylic acids is 3. The van der Waals surface area contributed by atoms with Gasteiger partial charge in [-0.15, -0.1) is 0 Å². The highest BCUT2D eigenvalue weighted by Gasteiger charge is 2.50.